The van der Waals surface area contributed by atoms with Gasteiger partial charge in [-0.05, 0) is 122 Å². The Hall–Kier alpha value is -2.05. The molecule has 6 rings (SSSR count). The molecule has 0 radical (unpaired) electrons. The number of aromatic amines is 1. The standard InChI is InChI=1S/C36H54N2O4/c1-5-25-30-20-24(39)12-16-36(30,4)29-13-17-35(3)27(10-11-28(35)32(29)33(25)40)22(2)15-19-42-34(41)37-18-14-23-21-38-31-9-7-6-8-26(23)31/h6-9,21-22,24-25,27-30,32-33,38-40H,5,10-20H2,1-4H3,(H,37,41)/t22-,24-,25-,27-,28+,29+,30+,32+,33-,35?,36+/m1/s1. The van der Waals surface area contributed by atoms with Gasteiger partial charge in [-0.3, -0.25) is 0 Å². The van der Waals surface area contributed by atoms with Gasteiger partial charge >= 0.3 is 6.09 Å². The zero-order valence-electron chi connectivity index (χ0n) is 26.3. The lowest BCUT2D eigenvalue weighted by Crippen LogP contribution is -2.62. The van der Waals surface area contributed by atoms with E-state index in [1.165, 1.54) is 36.6 Å². The molecule has 0 bridgehead atoms. The normalized spacial score (nSPS) is 40.1. The van der Waals surface area contributed by atoms with Crippen molar-refractivity contribution in [1.82, 2.24) is 10.3 Å². The highest BCUT2D eigenvalue weighted by Crippen LogP contribution is 2.69. The maximum Gasteiger partial charge on any atom is 0.407 e. The van der Waals surface area contributed by atoms with Crippen molar-refractivity contribution >= 4 is 17.0 Å². The number of ether oxygens (including phenoxy) is 1. The lowest BCUT2D eigenvalue weighted by Gasteiger charge is -2.64. The minimum absolute atomic E-state index is 0.199. The maximum absolute atomic E-state index is 12.5. The molecule has 1 amide bonds. The fraction of sp³-hybridized carbons (Fsp3) is 0.750. The Labute approximate surface area is 252 Å². The molecular formula is C36H54N2O4. The van der Waals surface area contributed by atoms with Crippen molar-refractivity contribution in [1.29, 1.82) is 0 Å². The smallest absolute Gasteiger partial charge is 0.407 e. The van der Waals surface area contributed by atoms with Gasteiger partial charge in [0.1, 0.15) is 0 Å². The second-order valence-electron chi connectivity index (χ2n) is 15.1. The third-order valence-corrected chi connectivity index (χ3v) is 13.3. The Morgan fingerprint density at radius 2 is 1.83 bits per heavy atom. The second-order valence-corrected chi connectivity index (χ2v) is 15.1. The maximum atomic E-state index is 12.5. The molecule has 1 aromatic carbocycles. The van der Waals surface area contributed by atoms with Crippen LogP contribution in [-0.2, 0) is 11.2 Å². The molecule has 0 spiro atoms. The predicted molar refractivity (Wildman–Crippen MR) is 167 cm³/mol. The molecule has 4 fully saturated rings. The SMILES string of the molecule is CC[C@H]1[C@@H](O)[C@H]2[C@@H]3CC[C@H]([C@H](C)CCOC(=O)NCCc4c[nH]c5ccccc45)C3(C)CC[C@@H]2[C@]2(C)CC[C@@H](O)C[C@@H]12. The molecule has 0 aliphatic heterocycles. The summed E-state index contributed by atoms with van der Waals surface area (Å²) in [6, 6.07) is 8.24. The summed E-state index contributed by atoms with van der Waals surface area (Å²) in [4.78, 5) is 15.8. The Morgan fingerprint density at radius 1 is 1.07 bits per heavy atom. The summed E-state index contributed by atoms with van der Waals surface area (Å²) in [5.41, 5.74) is 2.80. The first-order chi connectivity index (χ1) is 20.2. The van der Waals surface area contributed by atoms with Gasteiger partial charge in [0.25, 0.3) is 0 Å². The molecule has 0 saturated heterocycles. The number of benzene rings is 1. The molecule has 11 atom stereocenters. The van der Waals surface area contributed by atoms with Crippen LogP contribution in [0.25, 0.3) is 10.9 Å². The molecule has 1 aromatic heterocycles. The first-order valence-corrected chi connectivity index (χ1v) is 17.0. The van der Waals surface area contributed by atoms with E-state index in [4.69, 9.17) is 4.74 Å². The van der Waals surface area contributed by atoms with Crippen LogP contribution in [0.4, 0.5) is 4.79 Å². The van der Waals surface area contributed by atoms with Gasteiger partial charge < -0.3 is 25.3 Å². The van der Waals surface area contributed by atoms with Crippen LogP contribution in [-0.4, -0.2) is 46.6 Å². The van der Waals surface area contributed by atoms with Gasteiger partial charge in [-0.1, -0.05) is 52.3 Å². The molecule has 4 aliphatic rings. The van der Waals surface area contributed by atoms with E-state index in [0.717, 1.165) is 44.0 Å². The molecular weight excluding hydrogens is 524 g/mol. The number of rotatable bonds is 8. The monoisotopic (exact) mass is 578 g/mol. The van der Waals surface area contributed by atoms with Crippen LogP contribution in [0.2, 0.25) is 0 Å². The van der Waals surface area contributed by atoms with Gasteiger partial charge in [-0.2, -0.15) is 0 Å². The van der Waals surface area contributed by atoms with Crippen LogP contribution in [0.3, 0.4) is 0 Å². The molecule has 4 aliphatic carbocycles. The van der Waals surface area contributed by atoms with Crippen molar-refractivity contribution in [2.75, 3.05) is 13.2 Å². The van der Waals surface area contributed by atoms with Gasteiger partial charge in [0.15, 0.2) is 0 Å². The number of fused-ring (bicyclic) bond motifs is 6. The highest BCUT2D eigenvalue weighted by molar-refractivity contribution is 5.83. The fourth-order valence-corrected chi connectivity index (χ4v) is 11.2. The van der Waals surface area contributed by atoms with Crippen molar-refractivity contribution in [3.8, 4) is 0 Å². The number of hydrogen-bond acceptors (Lipinski definition) is 4. The largest absolute Gasteiger partial charge is 0.450 e. The molecule has 4 N–H and O–H groups in total. The number of carbonyl (C=O) groups excluding carboxylic acids is 1. The number of aromatic nitrogens is 1. The van der Waals surface area contributed by atoms with Crippen molar-refractivity contribution in [3.05, 3.63) is 36.0 Å². The lowest BCUT2D eigenvalue weighted by atomic mass is 9.41. The van der Waals surface area contributed by atoms with Crippen LogP contribution in [0.1, 0.15) is 91.0 Å². The second kappa shape index (κ2) is 11.8. The molecule has 6 heteroatoms. The Morgan fingerprint density at radius 3 is 2.64 bits per heavy atom. The van der Waals surface area contributed by atoms with E-state index in [9.17, 15) is 15.0 Å². The highest BCUT2D eigenvalue weighted by Gasteiger charge is 2.64. The number of aliphatic hydroxyl groups is 2. The van der Waals surface area contributed by atoms with Crippen LogP contribution >= 0.6 is 0 Å². The zero-order chi connectivity index (χ0) is 29.6. The summed E-state index contributed by atoms with van der Waals surface area (Å²) in [7, 11) is 0. The van der Waals surface area contributed by atoms with E-state index < -0.39 is 0 Å². The minimum atomic E-state index is -0.325. The molecule has 1 heterocycles. The third kappa shape index (κ3) is 5.08. The van der Waals surface area contributed by atoms with E-state index in [-0.39, 0.29) is 29.1 Å². The van der Waals surface area contributed by atoms with E-state index in [1.807, 2.05) is 18.3 Å². The first kappa shape index (κ1) is 30.0. The molecule has 1 unspecified atom stereocenters. The summed E-state index contributed by atoms with van der Waals surface area (Å²) >= 11 is 0. The third-order valence-electron chi connectivity index (χ3n) is 13.3. The van der Waals surface area contributed by atoms with Crippen molar-refractivity contribution < 1.29 is 19.7 Å². The van der Waals surface area contributed by atoms with E-state index in [0.29, 0.717) is 54.6 Å². The predicted octanol–water partition coefficient (Wildman–Crippen LogP) is 7.09. The van der Waals surface area contributed by atoms with Gasteiger partial charge in [0.2, 0.25) is 0 Å². The van der Waals surface area contributed by atoms with E-state index >= 15 is 0 Å². The number of hydrogen-bond donors (Lipinski definition) is 4. The van der Waals surface area contributed by atoms with Crippen LogP contribution in [0.5, 0.6) is 0 Å². The van der Waals surface area contributed by atoms with Crippen LogP contribution in [0.15, 0.2) is 30.5 Å². The molecule has 2 aromatic rings. The van der Waals surface area contributed by atoms with Gasteiger partial charge in [0, 0.05) is 23.6 Å². The average molecular weight is 579 g/mol. The summed E-state index contributed by atoms with van der Waals surface area (Å²) in [6.07, 6.45) is 11.6. The van der Waals surface area contributed by atoms with Crippen molar-refractivity contribution in [3.63, 3.8) is 0 Å². The van der Waals surface area contributed by atoms with Crippen molar-refractivity contribution in [2.45, 2.75) is 104 Å². The summed E-state index contributed by atoms with van der Waals surface area (Å²) in [5, 5.41) is 26.6. The first-order valence-electron chi connectivity index (χ1n) is 17.0. The van der Waals surface area contributed by atoms with Gasteiger partial charge in [-0.15, -0.1) is 0 Å². The minimum Gasteiger partial charge on any atom is -0.450 e. The Kier molecular flexibility index (Phi) is 8.43. The van der Waals surface area contributed by atoms with Crippen LogP contribution < -0.4 is 5.32 Å². The van der Waals surface area contributed by atoms with Gasteiger partial charge in [-0.25, -0.2) is 4.79 Å². The van der Waals surface area contributed by atoms with E-state index in [2.05, 4.69) is 50.1 Å². The van der Waals surface area contributed by atoms with Crippen molar-refractivity contribution in [2.24, 2.45) is 52.3 Å². The fourth-order valence-electron chi connectivity index (χ4n) is 11.2. The summed E-state index contributed by atoms with van der Waals surface area (Å²) < 4.78 is 5.64. The molecule has 6 nitrogen and oxygen atoms in total. The number of nitrogens with one attached hydrogen (secondary N) is 2. The lowest BCUT2D eigenvalue weighted by molar-refractivity contribution is -0.203. The highest BCUT2D eigenvalue weighted by atomic mass is 16.5. The number of para-hydroxylation sites is 1. The number of carbonyl (C=O) groups is 1. The quantitative estimate of drug-likeness (QED) is 0.269. The number of aliphatic hydroxyl groups excluding tert-OH is 2. The number of amides is 1. The molecule has 232 valence electrons. The van der Waals surface area contributed by atoms with Gasteiger partial charge in [0.05, 0.1) is 18.8 Å². The Balaban J connectivity index is 1.03. The molecule has 42 heavy (non-hydrogen) atoms. The molecule has 4 saturated carbocycles. The number of H-pyrrole nitrogens is 1. The summed E-state index contributed by atoms with van der Waals surface area (Å²) in [6.45, 7) is 10.6. The van der Waals surface area contributed by atoms with Crippen LogP contribution in [0, 0.1) is 52.3 Å². The topological polar surface area (TPSA) is 94.6 Å². The summed E-state index contributed by atoms with van der Waals surface area (Å²) in [5.74, 6) is 3.32. The Bertz CT molecular complexity index is 1240. The average Bonchev–Trinajstić information content (AvgIpc) is 3.55. The van der Waals surface area contributed by atoms with E-state index in [1.54, 1.807) is 0 Å². The zero-order valence-corrected chi connectivity index (χ0v) is 26.3. The number of alkyl carbamates (subject to hydrolysis) is 1.